The van der Waals surface area contributed by atoms with Gasteiger partial charge in [-0.25, -0.2) is 0 Å². The molecule has 146 valence electrons. The fraction of sp³-hybridized carbons (Fsp3) is 0.261. The predicted octanol–water partition coefficient (Wildman–Crippen LogP) is 4.61. The molecule has 2 aromatic carbocycles. The highest BCUT2D eigenvalue weighted by Crippen LogP contribution is 2.26. The Hall–Kier alpha value is -2.63. The van der Waals surface area contributed by atoms with Crippen LogP contribution in [0.4, 0.5) is 0 Å². The van der Waals surface area contributed by atoms with Crippen LogP contribution in [-0.2, 0) is 16.0 Å². The van der Waals surface area contributed by atoms with Crippen LogP contribution in [0.15, 0.2) is 72.1 Å². The first-order chi connectivity index (χ1) is 13.8. The summed E-state index contributed by atoms with van der Waals surface area (Å²) < 4.78 is 11.0. The maximum Gasteiger partial charge on any atom is 0.246 e. The van der Waals surface area contributed by atoms with Crippen LogP contribution in [0, 0.1) is 0 Å². The van der Waals surface area contributed by atoms with Gasteiger partial charge in [0, 0.05) is 4.88 Å². The molecule has 0 aliphatic rings. The number of hydrogen-bond donors (Lipinski definition) is 1. The number of aryl methyl sites for hydroxylation is 1. The Morgan fingerprint density at radius 3 is 2.46 bits per heavy atom. The molecule has 0 fully saturated rings. The maximum absolute atomic E-state index is 12.4. The molecule has 0 saturated carbocycles. The number of ether oxygens (including phenoxy) is 2. The molecule has 3 rings (SSSR count). The summed E-state index contributed by atoms with van der Waals surface area (Å²) in [6.45, 7) is 2.90. The fourth-order valence-corrected chi connectivity index (χ4v) is 3.63. The van der Waals surface area contributed by atoms with Crippen molar-refractivity contribution in [3.8, 4) is 5.75 Å². The van der Waals surface area contributed by atoms with Crippen molar-refractivity contribution in [2.45, 2.75) is 19.4 Å². The van der Waals surface area contributed by atoms with Crippen molar-refractivity contribution in [2.75, 3.05) is 19.8 Å². The molecule has 28 heavy (non-hydrogen) atoms. The molecule has 0 aliphatic carbocycles. The van der Waals surface area contributed by atoms with Crippen LogP contribution in [0.2, 0.25) is 0 Å². The van der Waals surface area contributed by atoms with E-state index in [1.165, 1.54) is 5.56 Å². The number of thiophene rings is 1. The molecule has 4 nitrogen and oxygen atoms in total. The van der Waals surface area contributed by atoms with Gasteiger partial charge in [-0.05, 0) is 41.1 Å². The summed E-state index contributed by atoms with van der Waals surface area (Å²) in [6, 6.07) is 21.8. The number of rotatable bonds is 10. The number of amides is 1. The monoisotopic (exact) mass is 395 g/mol. The van der Waals surface area contributed by atoms with E-state index in [2.05, 4.69) is 36.5 Å². The molecule has 0 aliphatic heterocycles. The van der Waals surface area contributed by atoms with Gasteiger partial charge in [-0.3, -0.25) is 4.79 Å². The second-order valence-corrected chi connectivity index (χ2v) is 7.30. The first-order valence-electron chi connectivity index (χ1n) is 9.43. The largest absolute Gasteiger partial charge is 0.491 e. The summed E-state index contributed by atoms with van der Waals surface area (Å²) in [4.78, 5) is 13.5. The summed E-state index contributed by atoms with van der Waals surface area (Å²) >= 11 is 1.63. The number of hydrogen-bond acceptors (Lipinski definition) is 4. The summed E-state index contributed by atoms with van der Waals surface area (Å²) in [5, 5.41) is 5.11. The number of carbonyl (C=O) groups excluding carboxylic acids is 1. The van der Waals surface area contributed by atoms with E-state index in [0.29, 0.717) is 13.2 Å². The molecule has 0 bridgehead atoms. The van der Waals surface area contributed by atoms with Gasteiger partial charge in [0.05, 0.1) is 12.6 Å². The second-order valence-electron chi connectivity index (χ2n) is 6.33. The minimum atomic E-state index is -0.164. The molecule has 0 radical (unpaired) electrons. The van der Waals surface area contributed by atoms with Crippen molar-refractivity contribution in [1.82, 2.24) is 5.32 Å². The van der Waals surface area contributed by atoms with Crippen molar-refractivity contribution in [3.05, 3.63) is 88.1 Å². The summed E-state index contributed by atoms with van der Waals surface area (Å²) in [6.07, 6.45) is 0.995. The molecule has 0 saturated heterocycles. The Kier molecular flexibility index (Phi) is 7.64. The minimum absolute atomic E-state index is 0.00701. The lowest BCUT2D eigenvalue weighted by Gasteiger charge is -2.18. The molecule has 1 unspecified atom stereocenters. The third-order valence-electron chi connectivity index (χ3n) is 4.33. The number of nitrogens with one attached hydrogen (secondary N) is 1. The SMILES string of the molecule is CCc1ccc(C(NC(=O)COCCOc2ccccc2)c2cccs2)cc1. The average molecular weight is 396 g/mol. The Balaban J connectivity index is 1.50. The van der Waals surface area contributed by atoms with Crippen molar-refractivity contribution in [2.24, 2.45) is 0 Å². The van der Waals surface area contributed by atoms with E-state index < -0.39 is 0 Å². The number of para-hydroxylation sites is 1. The fourth-order valence-electron chi connectivity index (χ4n) is 2.82. The Labute approximate surface area is 170 Å². The summed E-state index contributed by atoms with van der Waals surface area (Å²) in [7, 11) is 0. The van der Waals surface area contributed by atoms with Crippen LogP contribution in [0.25, 0.3) is 0 Å². The normalized spacial score (nSPS) is 11.8. The molecule has 1 atom stereocenters. The van der Waals surface area contributed by atoms with E-state index in [1.54, 1.807) is 11.3 Å². The van der Waals surface area contributed by atoms with Gasteiger partial charge in [0.15, 0.2) is 0 Å². The van der Waals surface area contributed by atoms with Gasteiger partial charge in [-0.15, -0.1) is 11.3 Å². The number of carbonyl (C=O) groups is 1. The zero-order valence-corrected chi connectivity index (χ0v) is 16.8. The zero-order chi connectivity index (χ0) is 19.6. The summed E-state index contributed by atoms with van der Waals surface area (Å²) in [5.74, 6) is 0.654. The van der Waals surface area contributed by atoms with E-state index in [1.807, 2.05) is 47.8 Å². The van der Waals surface area contributed by atoms with Crippen LogP contribution in [-0.4, -0.2) is 25.7 Å². The molecule has 1 aromatic heterocycles. The van der Waals surface area contributed by atoms with E-state index >= 15 is 0 Å². The highest BCUT2D eigenvalue weighted by Gasteiger charge is 2.18. The van der Waals surface area contributed by atoms with Crippen LogP contribution in [0.1, 0.15) is 29.0 Å². The van der Waals surface area contributed by atoms with E-state index in [0.717, 1.165) is 22.6 Å². The lowest BCUT2D eigenvalue weighted by Crippen LogP contribution is -2.32. The van der Waals surface area contributed by atoms with Gasteiger partial charge in [-0.1, -0.05) is 55.5 Å². The van der Waals surface area contributed by atoms with Crippen LogP contribution in [0.3, 0.4) is 0 Å². The predicted molar refractivity (Wildman–Crippen MR) is 113 cm³/mol. The highest BCUT2D eigenvalue weighted by atomic mass is 32.1. The van der Waals surface area contributed by atoms with Crippen molar-refractivity contribution in [3.63, 3.8) is 0 Å². The van der Waals surface area contributed by atoms with Crippen molar-refractivity contribution in [1.29, 1.82) is 0 Å². The smallest absolute Gasteiger partial charge is 0.246 e. The van der Waals surface area contributed by atoms with Gasteiger partial charge in [0.25, 0.3) is 0 Å². The van der Waals surface area contributed by atoms with Gasteiger partial charge in [0.2, 0.25) is 5.91 Å². The van der Waals surface area contributed by atoms with Crippen LogP contribution in [0.5, 0.6) is 5.75 Å². The molecule has 1 amide bonds. The molecule has 1 heterocycles. The average Bonchev–Trinajstić information content (AvgIpc) is 3.27. The molecule has 1 N–H and O–H groups in total. The molecule has 3 aromatic rings. The lowest BCUT2D eigenvalue weighted by atomic mass is 10.0. The third kappa shape index (κ3) is 5.94. The Bertz CT molecular complexity index is 832. The van der Waals surface area contributed by atoms with Gasteiger partial charge in [0.1, 0.15) is 19.0 Å². The first kappa shape index (κ1) is 20.1. The highest BCUT2D eigenvalue weighted by molar-refractivity contribution is 7.10. The number of benzene rings is 2. The lowest BCUT2D eigenvalue weighted by molar-refractivity contribution is -0.126. The molecular formula is C23H25NO3S. The Morgan fingerprint density at radius 2 is 1.79 bits per heavy atom. The van der Waals surface area contributed by atoms with Gasteiger partial charge < -0.3 is 14.8 Å². The topological polar surface area (TPSA) is 47.6 Å². The summed E-state index contributed by atoms with van der Waals surface area (Å²) in [5.41, 5.74) is 2.35. The standard InChI is InChI=1S/C23H25NO3S/c1-2-18-10-12-19(13-11-18)23(21-9-6-16-28-21)24-22(25)17-26-14-15-27-20-7-4-3-5-8-20/h3-13,16,23H,2,14-15,17H2,1H3,(H,24,25). The van der Waals surface area contributed by atoms with Crippen molar-refractivity contribution >= 4 is 17.2 Å². The van der Waals surface area contributed by atoms with Gasteiger partial charge in [-0.2, -0.15) is 0 Å². The van der Waals surface area contributed by atoms with E-state index in [4.69, 9.17) is 9.47 Å². The quantitative estimate of drug-likeness (QED) is 0.510. The molecule has 0 spiro atoms. The van der Waals surface area contributed by atoms with Crippen LogP contribution < -0.4 is 10.1 Å². The van der Waals surface area contributed by atoms with Crippen LogP contribution >= 0.6 is 11.3 Å². The van der Waals surface area contributed by atoms with E-state index in [9.17, 15) is 4.79 Å². The maximum atomic E-state index is 12.4. The third-order valence-corrected chi connectivity index (χ3v) is 5.26. The minimum Gasteiger partial charge on any atom is -0.491 e. The van der Waals surface area contributed by atoms with Gasteiger partial charge >= 0.3 is 0 Å². The van der Waals surface area contributed by atoms with E-state index in [-0.39, 0.29) is 18.6 Å². The van der Waals surface area contributed by atoms with Crippen molar-refractivity contribution < 1.29 is 14.3 Å². The first-order valence-corrected chi connectivity index (χ1v) is 10.3. The molecular weight excluding hydrogens is 370 g/mol. The Morgan fingerprint density at radius 1 is 1.00 bits per heavy atom. The second kappa shape index (κ2) is 10.6. The zero-order valence-electron chi connectivity index (χ0n) is 16.0. The molecule has 5 heteroatoms.